The van der Waals surface area contributed by atoms with Gasteiger partial charge >= 0.3 is 0 Å². The SMILES string of the molecule is CCOc1ccc(Oc2cccc(F)c2C(C)NC)cc1. The highest BCUT2D eigenvalue weighted by molar-refractivity contribution is 5.41. The lowest BCUT2D eigenvalue weighted by atomic mass is 10.1. The Kier molecular flexibility index (Phi) is 5.17. The predicted molar refractivity (Wildman–Crippen MR) is 81.6 cm³/mol. The summed E-state index contributed by atoms with van der Waals surface area (Å²) in [5, 5.41) is 3.03. The second-order valence-corrected chi connectivity index (χ2v) is 4.67. The minimum atomic E-state index is -0.278. The van der Waals surface area contributed by atoms with Crippen molar-refractivity contribution >= 4 is 0 Å². The van der Waals surface area contributed by atoms with Crippen molar-refractivity contribution in [2.24, 2.45) is 0 Å². The van der Waals surface area contributed by atoms with Gasteiger partial charge in [-0.15, -0.1) is 0 Å². The van der Waals surface area contributed by atoms with Crippen molar-refractivity contribution in [3.63, 3.8) is 0 Å². The number of rotatable bonds is 6. The van der Waals surface area contributed by atoms with E-state index in [0.717, 1.165) is 5.75 Å². The lowest BCUT2D eigenvalue weighted by Gasteiger charge is -2.17. The fourth-order valence-corrected chi connectivity index (χ4v) is 2.07. The summed E-state index contributed by atoms with van der Waals surface area (Å²) in [5.41, 5.74) is 0.522. The summed E-state index contributed by atoms with van der Waals surface area (Å²) in [7, 11) is 1.79. The minimum absolute atomic E-state index is 0.135. The maximum Gasteiger partial charge on any atom is 0.135 e. The fourth-order valence-electron chi connectivity index (χ4n) is 2.07. The summed E-state index contributed by atoms with van der Waals surface area (Å²) in [6, 6.07) is 12.0. The molecule has 0 amide bonds. The van der Waals surface area contributed by atoms with E-state index in [0.29, 0.717) is 23.7 Å². The van der Waals surface area contributed by atoms with Crippen LogP contribution in [0.25, 0.3) is 0 Å². The summed E-state index contributed by atoms with van der Waals surface area (Å²) in [5.74, 6) is 1.67. The second-order valence-electron chi connectivity index (χ2n) is 4.67. The van der Waals surface area contributed by atoms with E-state index in [4.69, 9.17) is 9.47 Å². The lowest BCUT2D eigenvalue weighted by molar-refractivity contribution is 0.339. The van der Waals surface area contributed by atoms with E-state index in [9.17, 15) is 4.39 Å². The number of hydrogen-bond donors (Lipinski definition) is 1. The van der Waals surface area contributed by atoms with Gasteiger partial charge in [-0.1, -0.05) is 6.07 Å². The zero-order chi connectivity index (χ0) is 15.2. The van der Waals surface area contributed by atoms with Gasteiger partial charge in [0.25, 0.3) is 0 Å². The zero-order valence-corrected chi connectivity index (χ0v) is 12.5. The van der Waals surface area contributed by atoms with Crippen molar-refractivity contribution < 1.29 is 13.9 Å². The molecule has 4 heteroatoms. The first kappa shape index (κ1) is 15.3. The smallest absolute Gasteiger partial charge is 0.135 e. The van der Waals surface area contributed by atoms with Gasteiger partial charge in [-0.3, -0.25) is 0 Å². The highest BCUT2D eigenvalue weighted by atomic mass is 19.1. The Bertz CT molecular complexity index is 584. The van der Waals surface area contributed by atoms with Gasteiger partial charge in [-0.05, 0) is 57.3 Å². The molecule has 2 rings (SSSR count). The molecular weight excluding hydrogens is 269 g/mol. The van der Waals surface area contributed by atoms with Crippen molar-refractivity contribution in [1.82, 2.24) is 5.32 Å². The van der Waals surface area contributed by atoms with Crippen LogP contribution in [0.2, 0.25) is 0 Å². The normalized spacial score (nSPS) is 12.0. The van der Waals surface area contributed by atoms with Crippen LogP contribution < -0.4 is 14.8 Å². The molecule has 0 saturated heterocycles. The molecule has 0 aliphatic heterocycles. The molecule has 2 aromatic rings. The van der Waals surface area contributed by atoms with Gasteiger partial charge in [0.15, 0.2) is 0 Å². The van der Waals surface area contributed by atoms with E-state index in [1.807, 2.05) is 38.1 Å². The first-order chi connectivity index (χ1) is 10.2. The third-order valence-electron chi connectivity index (χ3n) is 3.24. The van der Waals surface area contributed by atoms with Crippen molar-refractivity contribution in [1.29, 1.82) is 0 Å². The standard InChI is InChI=1S/C17H20FNO2/c1-4-20-13-8-10-14(11-9-13)21-16-7-5-6-15(18)17(16)12(2)19-3/h5-12,19H,4H2,1-3H3. The van der Waals surface area contributed by atoms with Crippen molar-refractivity contribution in [2.45, 2.75) is 19.9 Å². The quantitative estimate of drug-likeness (QED) is 0.860. The zero-order valence-electron chi connectivity index (χ0n) is 12.5. The van der Waals surface area contributed by atoms with Crippen LogP contribution in [0.4, 0.5) is 4.39 Å². The highest BCUT2D eigenvalue weighted by Crippen LogP contribution is 2.32. The largest absolute Gasteiger partial charge is 0.494 e. The summed E-state index contributed by atoms with van der Waals surface area (Å²) in [6.45, 7) is 4.44. The number of benzene rings is 2. The van der Waals surface area contributed by atoms with Crippen LogP contribution in [0.15, 0.2) is 42.5 Å². The van der Waals surface area contributed by atoms with Gasteiger partial charge in [-0.2, -0.15) is 0 Å². The van der Waals surface area contributed by atoms with Crippen molar-refractivity contribution in [3.8, 4) is 17.2 Å². The molecule has 1 N–H and O–H groups in total. The van der Waals surface area contributed by atoms with Gasteiger partial charge < -0.3 is 14.8 Å². The maximum atomic E-state index is 14.0. The van der Waals surface area contributed by atoms with E-state index < -0.39 is 0 Å². The average Bonchev–Trinajstić information content (AvgIpc) is 2.49. The van der Waals surface area contributed by atoms with Crippen LogP contribution in [-0.4, -0.2) is 13.7 Å². The van der Waals surface area contributed by atoms with Crippen LogP contribution in [0.5, 0.6) is 17.2 Å². The van der Waals surface area contributed by atoms with Crippen LogP contribution in [0.3, 0.4) is 0 Å². The Balaban J connectivity index is 2.24. The Hall–Kier alpha value is -2.07. The lowest BCUT2D eigenvalue weighted by Crippen LogP contribution is -2.14. The molecule has 0 heterocycles. The summed E-state index contributed by atoms with van der Waals surface area (Å²) in [4.78, 5) is 0. The Morgan fingerprint density at radius 2 is 1.76 bits per heavy atom. The average molecular weight is 289 g/mol. The second kappa shape index (κ2) is 7.09. The predicted octanol–water partition coefficient (Wildman–Crippen LogP) is 4.30. The molecule has 112 valence electrons. The van der Waals surface area contributed by atoms with E-state index in [1.165, 1.54) is 6.07 Å². The summed E-state index contributed by atoms with van der Waals surface area (Å²) in [6.07, 6.45) is 0. The molecule has 1 atom stereocenters. The molecule has 1 unspecified atom stereocenters. The van der Waals surface area contributed by atoms with Crippen LogP contribution >= 0.6 is 0 Å². The molecule has 0 aliphatic rings. The van der Waals surface area contributed by atoms with Gasteiger partial charge in [0.1, 0.15) is 23.1 Å². The summed E-state index contributed by atoms with van der Waals surface area (Å²) >= 11 is 0. The fraction of sp³-hybridized carbons (Fsp3) is 0.294. The molecule has 0 aliphatic carbocycles. The van der Waals surface area contributed by atoms with Crippen molar-refractivity contribution in [2.75, 3.05) is 13.7 Å². The Labute approximate surface area is 124 Å². The first-order valence-corrected chi connectivity index (χ1v) is 7.02. The molecule has 3 nitrogen and oxygen atoms in total. The van der Waals surface area contributed by atoms with Gasteiger partial charge in [0.2, 0.25) is 0 Å². The van der Waals surface area contributed by atoms with E-state index in [-0.39, 0.29) is 11.9 Å². The van der Waals surface area contributed by atoms with E-state index >= 15 is 0 Å². The number of halogens is 1. The van der Waals surface area contributed by atoms with Gasteiger partial charge in [-0.25, -0.2) is 4.39 Å². The topological polar surface area (TPSA) is 30.5 Å². The van der Waals surface area contributed by atoms with Crippen LogP contribution in [-0.2, 0) is 0 Å². The monoisotopic (exact) mass is 289 g/mol. The molecular formula is C17H20FNO2. The molecule has 0 aromatic heterocycles. The van der Waals surface area contributed by atoms with Crippen molar-refractivity contribution in [3.05, 3.63) is 53.8 Å². The molecule has 0 fully saturated rings. The molecule has 0 radical (unpaired) electrons. The third kappa shape index (κ3) is 3.73. The van der Waals surface area contributed by atoms with Crippen LogP contribution in [0, 0.1) is 5.82 Å². The Morgan fingerprint density at radius 1 is 1.10 bits per heavy atom. The highest BCUT2D eigenvalue weighted by Gasteiger charge is 2.15. The first-order valence-electron chi connectivity index (χ1n) is 7.02. The molecule has 0 spiro atoms. The van der Waals surface area contributed by atoms with Gasteiger partial charge in [0.05, 0.1) is 6.61 Å². The van der Waals surface area contributed by atoms with E-state index in [1.54, 1.807) is 19.2 Å². The molecule has 0 saturated carbocycles. The number of hydrogen-bond acceptors (Lipinski definition) is 3. The number of nitrogens with one attached hydrogen (secondary N) is 1. The molecule has 2 aromatic carbocycles. The molecule has 0 bridgehead atoms. The third-order valence-corrected chi connectivity index (χ3v) is 3.24. The summed E-state index contributed by atoms with van der Waals surface area (Å²) < 4.78 is 25.2. The molecule has 21 heavy (non-hydrogen) atoms. The minimum Gasteiger partial charge on any atom is -0.494 e. The van der Waals surface area contributed by atoms with Gasteiger partial charge in [0, 0.05) is 11.6 Å². The Morgan fingerprint density at radius 3 is 2.38 bits per heavy atom. The van der Waals surface area contributed by atoms with Crippen LogP contribution in [0.1, 0.15) is 25.5 Å². The van der Waals surface area contributed by atoms with E-state index in [2.05, 4.69) is 5.32 Å². The maximum absolute atomic E-state index is 14.0. The number of ether oxygens (including phenoxy) is 2.